The average Bonchev–Trinajstić information content (AvgIpc) is 3.22. The number of methoxy groups -OCH3 is 2. The first kappa shape index (κ1) is 16.0. The van der Waals surface area contributed by atoms with Crippen LogP contribution in [0.25, 0.3) is 0 Å². The molecular formula is C16H22N4O2S. The van der Waals surface area contributed by atoms with E-state index in [1.54, 1.807) is 14.2 Å². The molecule has 0 radical (unpaired) electrons. The van der Waals surface area contributed by atoms with Crippen LogP contribution in [0.4, 0.5) is 10.8 Å². The molecule has 1 unspecified atom stereocenters. The van der Waals surface area contributed by atoms with E-state index in [2.05, 4.69) is 31.7 Å². The van der Waals surface area contributed by atoms with Crippen LogP contribution in [0.2, 0.25) is 0 Å². The Balaban J connectivity index is 1.53. The molecule has 1 saturated heterocycles. The van der Waals surface area contributed by atoms with E-state index in [9.17, 15) is 0 Å². The molecule has 7 heteroatoms. The second-order valence-electron chi connectivity index (χ2n) is 5.60. The fraction of sp³-hybridized carbons (Fsp3) is 0.500. The zero-order valence-electron chi connectivity index (χ0n) is 13.5. The Morgan fingerprint density at radius 1 is 1.35 bits per heavy atom. The van der Waals surface area contributed by atoms with E-state index < -0.39 is 0 Å². The van der Waals surface area contributed by atoms with E-state index >= 15 is 0 Å². The maximum atomic E-state index is 5.46. The Morgan fingerprint density at radius 3 is 3.04 bits per heavy atom. The third-order valence-electron chi connectivity index (χ3n) is 4.00. The van der Waals surface area contributed by atoms with Crippen LogP contribution < -0.4 is 15.0 Å². The lowest BCUT2D eigenvalue weighted by atomic mass is 10.1. The summed E-state index contributed by atoms with van der Waals surface area (Å²) in [5.74, 6) is 2.27. The summed E-state index contributed by atoms with van der Waals surface area (Å²) in [5, 5.41) is 4.27. The minimum absolute atomic E-state index is 0.461. The third kappa shape index (κ3) is 3.92. The Bertz CT molecular complexity index is 634. The number of nitrogens with zero attached hydrogens (tertiary/aromatic N) is 3. The highest BCUT2D eigenvalue weighted by Gasteiger charge is 2.24. The molecule has 0 saturated carbocycles. The molecule has 1 N–H and O–H groups in total. The minimum Gasteiger partial charge on any atom is -0.495 e. The molecule has 3 rings (SSSR count). The molecule has 1 aromatic carbocycles. The summed E-state index contributed by atoms with van der Waals surface area (Å²) >= 11 is 1.39. The molecule has 0 spiro atoms. The van der Waals surface area contributed by atoms with Gasteiger partial charge in [0.25, 0.3) is 0 Å². The van der Waals surface area contributed by atoms with Crippen LogP contribution in [0.5, 0.6) is 5.75 Å². The standard InChI is InChI=1S/C16H22N4O2S/c1-21-11-15-18-16(23-19-15)17-9-12-7-8-20(10-12)13-5-3-4-6-14(13)22-2/h3-6,12H,7-11H2,1-2H3,(H,17,18,19). The van der Waals surface area contributed by atoms with Crippen LogP contribution in [0, 0.1) is 5.92 Å². The van der Waals surface area contributed by atoms with Gasteiger partial charge in [0.1, 0.15) is 12.4 Å². The second kappa shape index (κ2) is 7.61. The Labute approximate surface area is 140 Å². The lowest BCUT2D eigenvalue weighted by Gasteiger charge is -2.21. The summed E-state index contributed by atoms with van der Waals surface area (Å²) in [5.41, 5.74) is 1.18. The molecule has 6 nitrogen and oxygen atoms in total. The van der Waals surface area contributed by atoms with Crippen molar-refractivity contribution in [2.45, 2.75) is 13.0 Å². The molecule has 0 bridgehead atoms. The summed E-state index contributed by atoms with van der Waals surface area (Å²) < 4.78 is 14.8. The molecule has 1 atom stereocenters. The van der Waals surface area contributed by atoms with Gasteiger partial charge in [-0.05, 0) is 24.5 Å². The van der Waals surface area contributed by atoms with Crippen LogP contribution in [0.1, 0.15) is 12.2 Å². The number of rotatable bonds is 7. The molecule has 1 fully saturated rings. The number of anilines is 2. The molecule has 0 aliphatic carbocycles. The van der Waals surface area contributed by atoms with E-state index in [4.69, 9.17) is 9.47 Å². The number of benzene rings is 1. The Kier molecular flexibility index (Phi) is 5.30. The zero-order valence-corrected chi connectivity index (χ0v) is 14.3. The highest BCUT2D eigenvalue weighted by atomic mass is 32.1. The Morgan fingerprint density at radius 2 is 2.22 bits per heavy atom. The molecule has 2 heterocycles. The normalized spacial score (nSPS) is 17.5. The molecule has 23 heavy (non-hydrogen) atoms. The van der Waals surface area contributed by atoms with Crippen molar-refractivity contribution >= 4 is 22.4 Å². The first-order valence-corrected chi connectivity index (χ1v) is 8.51. The maximum absolute atomic E-state index is 5.46. The highest BCUT2D eigenvalue weighted by Crippen LogP contribution is 2.32. The van der Waals surface area contributed by atoms with Crippen molar-refractivity contribution < 1.29 is 9.47 Å². The molecule has 1 aliphatic rings. The van der Waals surface area contributed by atoms with Gasteiger partial charge in [-0.25, -0.2) is 4.98 Å². The number of hydrogen-bond donors (Lipinski definition) is 1. The van der Waals surface area contributed by atoms with Gasteiger partial charge in [-0.1, -0.05) is 12.1 Å². The van der Waals surface area contributed by atoms with Crippen molar-refractivity contribution in [3.63, 3.8) is 0 Å². The van der Waals surface area contributed by atoms with E-state index in [-0.39, 0.29) is 0 Å². The number of ether oxygens (including phenoxy) is 2. The van der Waals surface area contributed by atoms with Gasteiger partial charge in [0, 0.05) is 38.3 Å². The molecule has 1 aliphatic heterocycles. The van der Waals surface area contributed by atoms with E-state index in [0.29, 0.717) is 12.5 Å². The minimum atomic E-state index is 0.461. The summed E-state index contributed by atoms with van der Waals surface area (Å²) in [7, 11) is 3.38. The van der Waals surface area contributed by atoms with Gasteiger partial charge in [-0.15, -0.1) is 0 Å². The lowest BCUT2D eigenvalue weighted by Crippen LogP contribution is -2.22. The predicted octanol–water partition coefficient (Wildman–Crippen LogP) is 2.63. The lowest BCUT2D eigenvalue weighted by molar-refractivity contribution is 0.179. The van der Waals surface area contributed by atoms with Gasteiger partial charge in [0.2, 0.25) is 5.13 Å². The van der Waals surface area contributed by atoms with Gasteiger partial charge in [0.15, 0.2) is 5.82 Å². The van der Waals surface area contributed by atoms with Gasteiger partial charge in [-0.3, -0.25) is 0 Å². The fourth-order valence-corrected chi connectivity index (χ4v) is 3.43. The summed E-state index contributed by atoms with van der Waals surface area (Å²) in [6.45, 7) is 3.45. The molecule has 2 aromatic rings. The van der Waals surface area contributed by atoms with Crippen molar-refractivity contribution in [3.05, 3.63) is 30.1 Å². The van der Waals surface area contributed by atoms with Crippen LogP contribution >= 0.6 is 11.5 Å². The maximum Gasteiger partial charge on any atom is 0.202 e. The van der Waals surface area contributed by atoms with Crippen molar-refractivity contribution in [3.8, 4) is 5.75 Å². The van der Waals surface area contributed by atoms with Crippen LogP contribution in [0.3, 0.4) is 0 Å². The third-order valence-corrected chi connectivity index (χ3v) is 4.71. The van der Waals surface area contributed by atoms with Crippen molar-refractivity contribution in [1.29, 1.82) is 0 Å². The van der Waals surface area contributed by atoms with Gasteiger partial charge < -0.3 is 19.7 Å². The highest BCUT2D eigenvalue weighted by molar-refractivity contribution is 7.09. The van der Waals surface area contributed by atoms with Crippen LogP contribution in [-0.4, -0.2) is 43.2 Å². The monoisotopic (exact) mass is 334 g/mol. The summed E-state index contributed by atoms with van der Waals surface area (Å²) in [6.07, 6.45) is 1.16. The average molecular weight is 334 g/mol. The predicted molar refractivity (Wildman–Crippen MR) is 92.4 cm³/mol. The number of para-hydroxylation sites is 2. The molecule has 0 amide bonds. The largest absolute Gasteiger partial charge is 0.495 e. The first-order valence-electron chi connectivity index (χ1n) is 7.73. The summed E-state index contributed by atoms with van der Waals surface area (Å²) in [4.78, 5) is 6.79. The second-order valence-corrected chi connectivity index (χ2v) is 6.35. The SMILES string of the molecule is COCc1nsc(NCC2CCN(c3ccccc3OC)C2)n1. The summed E-state index contributed by atoms with van der Waals surface area (Å²) in [6, 6.07) is 8.20. The fourth-order valence-electron chi connectivity index (χ4n) is 2.85. The van der Waals surface area contributed by atoms with Crippen molar-refractivity contribution in [2.24, 2.45) is 5.92 Å². The number of hydrogen-bond acceptors (Lipinski definition) is 7. The van der Waals surface area contributed by atoms with Gasteiger partial charge >= 0.3 is 0 Å². The first-order chi connectivity index (χ1) is 11.3. The molecule has 124 valence electrons. The van der Waals surface area contributed by atoms with E-state index in [1.807, 2.05) is 12.1 Å². The van der Waals surface area contributed by atoms with E-state index in [0.717, 1.165) is 42.8 Å². The smallest absolute Gasteiger partial charge is 0.202 e. The van der Waals surface area contributed by atoms with Gasteiger partial charge in [-0.2, -0.15) is 4.37 Å². The Hall–Kier alpha value is -1.86. The van der Waals surface area contributed by atoms with Crippen LogP contribution in [0.15, 0.2) is 24.3 Å². The number of nitrogens with one attached hydrogen (secondary N) is 1. The number of aromatic nitrogens is 2. The van der Waals surface area contributed by atoms with Crippen LogP contribution in [-0.2, 0) is 11.3 Å². The topological polar surface area (TPSA) is 59.5 Å². The van der Waals surface area contributed by atoms with Crippen molar-refractivity contribution in [2.75, 3.05) is 44.1 Å². The zero-order chi connectivity index (χ0) is 16.1. The molecular weight excluding hydrogens is 312 g/mol. The van der Waals surface area contributed by atoms with Crippen molar-refractivity contribution in [1.82, 2.24) is 9.36 Å². The molecule has 1 aromatic heterocycles. The van der Waals surface area contributed by atoms with E-state index in [1.165, 1.54) is 17.2 Å². The quantitative estimate of drug-likeness (QED) is 0.840. The van der Waals surface area contributed by atoms with Gasteiger partial charge in [0.05, 0.1) is 12.8 Å².